The number of quaternary nitrogens is 2. The summed E-state index contributed by atoms with van der Waals surface area (Å²) >= 11 is 5.68. The van der Waals surface area contributed by atoms with E-state index in [1.54, 1.807) is 18.3 Å². The highest BCUT2D eigenvalue weighted by Crippen LogP contribution is 2.16. The standard InChI is InChI=1S/C22H27N5OS/c1-18-6-3-4-7-19(18)15-24-10-12-25(13-11-24)17-27-22(29)26(16-23-27)20-8-5-9-21(14-20)28-2/h3-9,14,16H,10-13,15,17H2,1-2H3/p+2. The summed E-state index contributed by atoms with van der Waals surface area (Å²) in [4.78, 5) is 3.19. The molecule has 2 heterocycles. The van der Waals surface area contributed by atoms with Gasteiger partial charge in [0.15, 0.2) is 6.67 Å². The van der Waals surface area contributed by atoms with Crippen molar-refractivity contribution in [1.82, 2.24) is 14.3 Å². The van der Waals surface area contributed by atoms with Crippen LogP contribution in [0, 0.1) is 11.7 Å². The minimum atomic E-state index is 0.723. The topological polar surface area (TPSA) is 40.9 Å². The van der Waals surface area contributed by atoms with E-state index in [4.69, 9.17) is 17.0 Å². The summed E-state index contributed by atoms with van der Waals surface area (Å²) in [6, 6.07) is 16.6. The normalized spacial score (nSPS) is 19.2. The number of aryl methyl sites for hydroxylation is 1. The molecule has 0 atom stereocenters. The Bertz CT molecular complexity index is 1020. The maximum atomic E-state index is 5.68. The lowest BCUT2D eigenvalue weighted by molar-refractivity contribution is -1.03. The first-order valence-corrected chi connectivity index (χ1v) is 10.6. The van der Waals surface area contributed by atoms with Gasteiger partial charge in [-0.05, 0) is 36.8 Å². The van der Waals surface area contributed by atoms with E-state index in [0.717, 1.165) is 42.5 Å². The van der Waals surface area contributed by atoms with Crippen molar-refractivity contribution in [2.24, 2.45) is 0 Å². The van der Waals surface area contributed by atoms with Crippen LogP contribution >= 0.6 is 12.2 Å². The average Bonchev–Trinajstić information content (AvgIpc) is 3.11. The zero-order chi connectivity index (χ0) is 20.2. The van der Waals surface area contributed by atoms with E-state index in [-0.39, 0.29) is 0 Å². The van der Waals surface area contributed by atoms with Gasteiger partial charge in [-0.2, -0.15) is 9.78 Å². The van der Waals surface area contributed by atoms with Crippen molar-refractivity contribution in [1.29, 1.82) is 0 Å². The molecule has 29 heavy (non-hydrogen) atoms. The summed E-state index contributed by atoms with van der Waals surface area (Å²) < 4.78 is 9.93. The van der Waals surface area contributed by atoms with Gasteiger partial charge >= 0.3 is 0 Å². The summed E-state index contributed by atoms with van der Waals surface area (Å²) in [7, 11) is 1.67. The predicted molar refractivity (Wildman–Crippen MR) is 115 cm³/mol. The van der Waals surface area contributed by atoms with Gasteiger partial charge in [0, 0.05) is 11.6 Å². The fraction of sp³-hybridized carbons (Fsp3) is 0.364. The third kappa shape index (κ3) is 4.58. The first kappa shape index (κ1) is 19.8. The summed E-state index contributed by atoms with van der Waals surface area (Å²) in [5, 5.41) is 4.55. The Balaban J connectivity index is 1.37. The number of nitrogens with zero attached hydrogens (tertiary/aromatic N) is 3. The second-order valence-corrected chi connectivity index (χ2v) is 8.11. The molecule has 1 saturated heterocycles. The number of rotatable bonds is 6. The molecule has 0 bridgehead atoms. The van der Waals surface area contributed by atoms with E-state index in [1.807, 2.05) is 33.5 Å². The number of ether oxygens (including phenoxy) is 1. The molecule has 4 rings (SSSR count). The number of methoxy groups -OCH3 is 1. The Hall–Kier alpha value is -2.48. The Morgan fingerprint density at radius 2 is 1.79 bits per heavy atom. The van der Waals surface area contributed by atoms with Crippen molar-refractivity contribution >= 4 is 12.2 Å². The zero-order valence-electron chi connectivity index (χ0n) is 17.1. The number of nitrogens with one attached hydrogen (secondary N) is 2. The molecule has 0 spiro atoms. The fourth-order valence-electron chi connectivity index (χ4n) is 3.96. The summed E-state index contributed by atoms with van der Waals surface area (Å²) in [5.41, 5.74) is 3.83. The van der Waals surface area contributed by atoms with Gasteiger partial charge < -0.3 is 14.5 Å². The van der Waals surface area contributed by atoms with Crippen molar-refractivity contribution in [3.8, 4) is 11.4 Å². The Kier molecular flexibility index (Phi) is 6.08. The largest absolute Gasteiger partial charge is 0.497 e. The Morgan fingerprint density at radius 1 is 1.03 bits per heavy atom. The third-order valence-corrected chi connectivity index (χ3v) is 6.21. The minimum Gasteiger partial charge on any atom is -0.497 e. The van der Waals surface area contributed by atoms with Crippen molar-refractivity contribution in [3.63, 3.8) is 0 Å². The highest BCUT2D eigenvalue weighted by molar-refractivity contribution is 7.71. The average molecular weight is 412 g/mol. The van der Waals surface area contributed by atoms with Gasteiger partial charge in [-0.3, -0.25) is 4.57 Å². The number of aromatic nitrogens is 3. The van der Waals surface area contributed by atoms with E-state index in [1.165, 1.54) is 29.1 Å². The molecule has 0 aliphatic carbocycles. The molecule has 152 valence electrons. The number of benzene rings is 2. The van der Waals surface area contributed by atoms with Gasteiger partial charge in [0.25, 0.3) is 0 Å². The monoisotopic (exact) mass is 411 g/mol. The Labute approximate surface area is 176 Å². The molecule has 1 aliphatic heterocycles. The lowest BCUT2D eigenvalue weighted by Gasteiger charge is -2.29. The van der Waals surface area contributed by atoms with Crippen LogP contribution in [0.2, 0.25) is 0 Å². The molecule has 1 aliphatic rings. The van der Waals surface area contributed by atoms with Gasteiger partial charge in [-0.15, -0.1) is 0 Å². The molecular weight excluding hydrogens is 382 g/mol. The van der Waals surface area contributed by atoms with Crippen LogP contribution in [-0.4, -0.2) is 47.6 Å². The maximum absolute atomic E-state index is 5.68. The quantitative estimate of drug-likeness (QED) is 0.586. The third-order valence-electron chi connectivity index (χ3n) is 5.80. The summed E-state index contributed by atoms with van der Waals surface area (Å²) in [6.07, 6.45) is 1.80. The van der Waals surface area contributed by atoms with Gasteiger partial charge in [0.2, 0.25) is 4.77 Å². The SMILES string of the molecule is COc1cccc(-n2cnn(C[NH+]3CC[NH+](Cc4ccccc4C)CC3)c2=S)c1. The fourth-order valence-corrected chi connectivity index (χ4v) is 4.23. The lowest BCUT2D eigenvalue weighted by atomic mass is 10.1. The first-order valence-electron chi connectivity index (χ1n) is 10.1. The summed E-state index contributed by atoms with van der Waals surface area (Å²) in [5.74, 6) is 0.815. The van der Waals surface area contributed by atoms with Gasteiger partial charge in [-0.1, -0.05) is 30.3 Å². The van der Waals surface area contributed by atoms with Gasteiger partial charge in [-0.25, -0.2) is 0 Å². The molecule has 0 amide bonds. The molecule has 0 radical (unpaired) electrons. The van der Waals surface area contributed by atoms with Crippen molar-refractivity contribution in [2.45, 2.75) is 20.1 Å². The molecule has 1 aromatic heterocycles. The molecule has 0 saturated carbocycles. The predicted octanol–water partition coefficient (Wildman–Crippen LogP) is 0.661. The highest BCUT2D eigenvalue weighted by atomic mass is 32.1. The van der Waals surface area contributed by atoms with Crippen molar-refractivity contribution in [3.05, 3.63) is 70.8 Å². The minimum absolute atomic E-state index is 0.723. The number of hydrogen-bond acceptors (Lipinski definition) is 3. The van der Waals surface area contributed by atoms with E-state index in [2.05, 4.69) is 36.3 Å². The van der Waals surface area contributed by atoms with Crippen LogP contribution in [-0.2, 0) is 13.2 Å². The second kappa shape index (κ2) is 8.90. The van der Waals surface area contributed by atoms with E-state index >= 15 is 0 Å². The van der Waals surface area contributed by atoms with Gasteiger partial charge in [0.05, 0.1) is 12.8 Å². The van der Waals surface area contributed by atoms with Crippen molar-refractivity contribution < 1.29 is 14.5 Å². The molecule has 2 N–H and O–H groups in total. The van der Waals surface area contributed by atoms with Crippen LogP contribution < -0.4 is 14.5 Å². The molecule has 6 nitrogen and oxygen atoms in total. The molecular formula is C22H29N5OS+2. The number of hydrogen-bond donors (Lipinski definition) is 2. The number of piperazine rings is 1. The molecule has 1 fully saturated rings. The van der Waals surface area contributed by atoms with Gasteiger partial charge in [0.1, 0.15) is 44.8 Å². The Morgan fingerprint density at radius 3 is 2.55 bits per heavy atom. The molecule has 0 unspecified atom stereocenters. The van der Waals surface area contributed by atoms with Crippen LogP contribution in [0.3, 0.4) is 0 Å². The molecule has 7 heteroatoms. The lowest BCUT2D eigenvalue weighted by Crippen LogP contribution is -3.27. The highest BCUT2D eigenvalue weighted by Gasteiger charge is 2.24. The zero-order valence-corrected chi connectivity index (χ0v) is 17.9. The van der Waals surface area contributed by atoms with Crippen LogP contribution in [0.15, 0.2) is 54.9 Å². The maximum Gasteiger partial charge on any atom is 0.207 e. The van der Waals surface area contributed by atoms with Crippen LogP contribution in [0.1, 0.15) is 11.1 Å². The van der Waals surface area contributed by atoms with E-state index in [9.17, 15) is 0 Å². The second-order valence-electron chi connectivity index (χ2n) is 7.75. The van der Waals surface area contributed by atoms with Crippen molar-refractivity contribution in [2.75, 3.05) is 33.3 Å². The van der Waals surface area contributed by atoms with Crippen LogP contribution in [0.4, 0.5) is 0 Å². The van der Waals surface area contributed by atoms with Crippen LogP contribution in [0.25, 0.3) is 5.69 Å². The molecule has 2 aromatic carbocycles. The summed E-state index contributed by atoms with van der Waals surface area (Å²) in [6.45, 7) is 8.75. The van der Waals surface area contributed by atoms with Crippen LogP contribution in [0.5, 0.6) is 5.75 Å². The van der Waals surface area contributed by atoms with E-state index in [0.29, 0.717) is 0 Å². The van der Waals surface area contributed by atoms with E-state index < -0.39 is 0 Å². The molecule has 3 aromatic rings. The first-order chi connectivity index (χ1) is 14.1. The smallest absolute Gasteiger partial charge is 0.207 e.